The average molecular weight is 359 g/mol. The van der Waals surface area contributed by atoms with Crippen LogP contribution in [-0.4, -0.2) is 18.4 Å². The number of guanidine groups is 1. The van der Waals surface area contributed by atoms with Gasteiger partial charge in [-0.05, 0) is 43.2 Å². The van der Waals surface area contributed by atoms with E-state index in [1.54, 1.807) is 0 Å². The highest BCUT2D eigenvalue weighted by Gasteiger charge is 2.02. The molecule has 25 heavy (non-hydrogen) atoms. The highest BCUT2D eigenvalue weighted by Crippen LogP contribution is 2.16. The minimum absolute atomic E-state index is 0.0712. The van der Waals surface area contributed by atoms with Gasteiger partial charge in [0.1, 0.15) is 0 Å². The number of amides is 1. The van der Waals surface area contributed by atoms with Crippen molar-refractivity contribution < 1.29 is 4.79 Å². The summed E-state index contributed by atoms with van der Waals surface area (Å²) in [6.07, 6.45) is 1.07. The molecule has 2 aromatic rings. The molecule has 0 unspecified atom stereocenters. The molecule has 3 N–H and O–H groups in total. The monoisotopic (exact) mass is 358 g/mol. The summed E-state index contributed by atoms with van der Waals surface area (Å²) in [5, 5.41) is 9.43. The Morgan fingerprint density at radius 2 is 1.92 bits per heavy atom. The molecule has 0 aliphatic carbocycles. The molecule has 0 radical (unpaired) electrons. The van der Waals surface area contributed by atoms with Gasteiger partial charge in [-0.15, -0.1) is 11.3 Å². The van der Waals surface area contributed by atoms with E-state index in [-0.39, 0.29) is 5.91 Å². The van der Waals surface area contributed by atoms with Gasteiger partial charge in [0.05, 0.1) is 13.1 Å². The molecule has 1 heterocycles. The van der Waals surface area contributed by atoms with Crippen LogP contribution in [0.4, 0.5) is 5.69 Å². The zero-order valence-electron chi connectivity index (χ0n) is 15.1. The maximum Gasteiger partial charge on any atom is 0.221 e. The van der Waals surface area contributed by atoms with Crippen LogP contribution in [0.2, 0.25) is 0 Å². The number of nitrogens with zero attached hydrogens (tertiary/aromatic N) is 1. The van der Waals surface area contributed by atoms with Crippen LogP contribution >= 0.6 is 11.3 Å². The lowest BCUT2D eigenvalue weighted by molar-refractivity contribution is -0.114. The van der Waals surface area contributed by atoms with Crippen LogP contribution in [0.1, 0.15) is 36.1 Å². The van der Waals surface area contributed by atoms with Crippen LogP contribution in [0, 0.1) is 0 Å². The molecular weight excluding hydrogens is 332 g/mol. The number of aryl methyl sites for hydroxylation is 1. The molecule has 0 atom stereocenters. The highest BCUT2D eigenvalue weighted by molar-refractivity contribution is 7.11. The van der Waals surface area contributed by atoms with E-state index in [0.29, 0.717) is 6.54 Å². The lowest BCUT2D eigenvalue weighted by Gasteiger charge is -2.11. The fraction of sp³-hybridized carbons (Fsp3) is 0.368. The van der Waals surface area contributed by atoms with Gasteiger partial charge in [0.15, 0.2) is 5.96 Å². The van der Waals surface area contributed by atoms with Crippen LogP contribution in [0.3, 0.4) is 0 Å². The second-order valence-electron chi connectivity index (χ2n) is 5.65. The van der Waals surface area contributed by atoms with Crippen LogP contribution in [0.15, 0.2) is 41.4 Å². The first-order valence-corrected chi connectivity index (χ1v) is 9.38. The topological polar surface area (TPSA) is 65.5 Å². The standard InChI is InChI=1S/C19H26N4OS/c1-4-17-9-10-18(25-17)13-22-19(20-5-2)21-12-15-7-6-8-16(11-15)23-14(3)24/h6-11H,4-5,12-13H2,1-3H3,(H,23,24)(H2,20,21,22). The maximum absolute atomic E-state index is 11.2. The third kappa shape index (κ3) is 6.58. The van der Waals surface area contributed by atoms with Crippen LogP contribution in [0.5, 0.6) is 0 Å². The fourth-order valence-corrected chi connectivity index (χ4v) is 3.24. The summed E-state index contributed by atoms with van der Waals surface area (Å²) in [6.45, 7) is 7.85. The Kier molecular flexibility index (Phi) is 7.47. The van der Waals surface area contributed by atoms with E-state index in [1.807, 2.05) is 35.6 Å². The zero-order valence-corrected chi connectivity index (χ0v) is 15.9. The Balaban J connectivity index is 1.97. The van der Waals surface area contributed by atoms with Crippen molar-refractivity contribution in [1.82, 2.24) is 10.6 Å². The highest BCUT2D eigenvalue weighted by atomic mass is 32.1. The third-order valence-electron chi connectivity index (χ3n) is 3.51. The molecule has 0 saturated heterocycles. The Labute approximate surface area is 153 Å². The third-order valence-corrected chi connectivity index (χ3v) is 4.74. The van der Waals surface area contributed by atoms with Gasteiger partial charge >= 0.3 is 0 Å². The zero-order chi connectivity index (χ0) is 18.1. The Bertz CT molecular complexity index is 724. The molecule has 0 aliphatic rings. The van der Waals surface area contributed by atoms with Gasteiger partial charge < -0.3 is 16.0 Å². The number of carbonyl (C=O) groups is 1. The van der Waals surface area contributed by atoms with E-state index in [0.717, 1.165) is 36.7 Å². The summed E-state index contributed by atoms with van der Waals surface area (Å²) >= 11 is 1.83. The number of hydrogen-bond acceptors (Lipinski definition) is 3. The first kappa shape index (κ1) is 19.0. The van der Waals surface area contributed by atoms with Gasteiger partial charge in [0.2, 0.25) is 5.91 Å². The van der Waals surface area contributed by atoms with E-state index in [1.165, 1.54) is 16.7 Å². The van der Waals surface area contributed by atoms with Crippen molar-refractivity contribution in [2.75, 3.05) is 11.9 Å². The van der Waals surface area contributed by atoms with Gasteiger partial charge in [-0.1, -0.05) is 19.1 Å². The van der Waals surface area contributed by atoms with Crippen LogP contribution in [-0.2, 0) is 24.3 Å². The number of anilines is 1. The number of nitrogens with one attached hydrogen (secondary N) is 3. The second kappa shape index (κ2) is 9.84. The van der Waals surface area contributed by atoms with Crippen LogP contribution < -0.4 is 16.0 Å². The number of carbonyl (C=O) groups excluding carboxylic acids is 1. The predicted octanol–water partition coefficient (Wildman–Crippen LogP) is 3.52. The van der Waals surface area contributed by atoms with Gasteiger partial charge in [0, 0.05) is 28.9 Å². The molecule has 0 bridgehead atoms. The van der Waals surface area contributed by atoms with E-state index in [2.05, 4.69) is 46.9 Å². The summed E-state index contributed by atoms with van der Waals surface area (Å²) < 4.78 is 0. The minimum atomic E-state index is -0.0712. The van der Waals surface area contributed by atoms with Gasteiger partial charge in [-0.2, -0.15) is 0 Å². The van der Waals surface area contributed by atoms with Gasteiger partial charge in [-0.25, -0.2) is 4.99 Å². The van der Waals surface area contributed by atoms with Gasteiger partial charge in [-0.3, -0.25) is 4.79 Å². The Morgan fingerprint density at radius 1 is 1.12 bits per heavy atom. The number of benzene rings is 1. The minimum Gasteiger partial charge on any atom is -0.357 e. The Morgan fingerprint density at radius 3 is 2.60 bits per heavy atom. The van der Waals surface area contributed by atoms with Crippen molar-refractivity contribution in [3.05, 3.63) is 51.7 Å². The maximum atomic E-state index is 11.2. The number of thiophene rings is 1. The van der Waals surface area contributed by atoms with Crippen molar-refractivity contribution >= 4 is 28.9 Å². The summed E-state index contributed by atoms with van der Waals surface area (Å²) in [5.74, 6) is 0.719. The first-order chi connectivity index (χ1) is 12.1. The van der Waals surface area contributed by atoms with Crippen molar-refractivity contribution in [3.8, 4) is 0 Å². The molecule has 0 spiro atoms. The summed E-state index contributed by atoms with van der Waals surface area (Å²) in [6, 6.07) is 12.1. The number of aliphatic imine (C=N–C) groups is 1. The normalized spacial score (nSPS) is 11.2. The Hall–Kier alpha value is -2.34. The molecular formula is C19H26N4OS. The van der Waals surface area contributed by atoms with E-state index in [9.17, 15) is 4.79 Å². The molecule has 0 saturated carbocycles. The van der Waals surface area contributed by atoms with Gasteiger partial charge in [0.25, 0.3) is 0 Å². The quantitative estimate of drug-likeness (QED) is 0.524. The lowest BCUT2D eigenvalue weighted by atomic mass is 10.2. The molecule has 6 heteroatoms. The van der Waals surface area contributed by atoms with Crippen LogP contribution in [0.25, 0.3) is 0 Å². The smallest absolute Gasteiger partial charge is 0.221 e. The number of rotatable bonds is 7. The lowest BCUT2D eigenvalue weighted by Crippen LogP contribution is -2.36. The molecule has 5 nitrogen and oxygen atoms in total. The van der Waals surface area contributed by atoms with E-state index >= 15 is 0 Å². The van der Waals surface area contributed by atoms with E-state index in [4.69, 9.17) is 0 Å². The second-order valence-corrected chi connectivity index (χ2v) is 6.90. The molecule has 134 valence electrons. The van der Waals surface area contributed by atoms with Crippen molar-refractivity contribution in [3.63, 3.8) is 0 Å². The SMILES string of the molecule is CCNC(=NCc1cccc(NC(C)=O)c1)NCc1ccc(CC)s1. The van der Waals surface area contributed by atoms with Crippen molar-refractivity contribution in [2.45, 2.75) is 40.3 Å². The average Bonchev–Trinajstić information content (AvgIpc) is 3.05. The summed E-state index contributed by atoms with van der Waals surface area (Å²) in [7, 11) is 0. The molecule has 0 aliphatic heterocycles. The molecule has 1 aromatic heterocycles. The largest absolute Gasteiger partial charge is 0.357 e. The molecule has 1 aromatic carbocycles. The molecule has 2 rings (SSSR count). The fourth-order valence-electron chi connectivity index (χ4n) is 2.34. The first-order valence-electron chi connectivity index (χ1n) is 8.57. The predicted molar refractivity (Wildman–Crippen MR) is 106 cm³/mol. The van der Waals surface area contributed by atoms with Crippen molar-refractivity contribution in [1.29, 1.82) is 0 Å². The summed E-state index contributed by atoms with van der Waals surface area (Å²) in [5.41, 5.74) is 1.84. The van der Waals surface area contributed by atoms with Crippen molar-refractivity contribution in [2.24, 2.45) is 4.99 Å². The molecule has 0 fully saturated rings. The summed E-state index contributed by atoms with van der Waals surface area (Å²) in [4.78, 5) is 18.5. The number of hydrogen-bond donors (Lipinski definition) is 3. The van der Waals surface area contributed by atoms with E-state index < -0.39 is 0 Å². The molecule has 1 amide bonds.